The maximum atomic E-state index is 4.09. The van der Waals surface area contributed by atoms with Gasteiger partial charge in [0.25, 0.3) is 0 Å². The first-order chi connectivity index (χ1) is 7.66. The van der Waals surface area contributed by atoms with Crippen LogP contribution in [0.2, 0.25) is 0 Å². The van der Waals surface area contributed by atoms with Gasteiger partial charge in [-0.15, -0.1) is 0 Å². The van der Waals surface area contributed by atoms with E-state index < -0.39 is 0 Å². The zero-order valence-corrected chi connectivity index (χ0v) is 10.5. The molecule has 0 bridgehead atoms. The lowest BCUT2D eigenvalue weighted by atomic mass is 9.76. The van der Waals surface area contributed by atoms with Gasteiger partial charge >= 0.3 is 0 Å². The highest BCUT2D eigenvalue weighted by Crippen LogP contribution is 2.38. The predicted molar refractivity (Wildman–Crippen MR) is 70.7 cm³/mol. The summed E-state index contributed by atoms with van der Waals surface area (Å²) in [5.41, 5.74) is 4.27. The molecule has 0 N–H and O–H groups in total. The molecular weight excluding hydrogens is 192 g/mol. The molecule has 0 unspecified atom stereocenters. The Labute approximate surface area is 99.4 Å². The molecule has 86 valence electrons. The van der Waals surface area contributed by atoms with Crippen molar-refractivity contribution in [1.29, 1.82) is 0 Å². The normalized spacial score (nSPS) is 25.4. The van der Waals surface area contributed by atoms with Crippen LogP contribution in [0.3, 0.4) is 0 Å². The number of benzene rings is 1. The molecule has 0 nitrogen and oxygen atoms in total. The summed E-state index contributed by atoms with van der Waals surface area (Å²) in [6.45, 7) is 8.42. The fraction of sp³-hybridized carbons (Fsp3) is 0.500. The Kier molecular flexibility index (Phi) is 3.48. The molecule has 0 spiro atoms. The molecule has 0 heteroatoms. The minimum Gasteiger partial charge on any atom is -0.0999 e. The van der Waals surface area contributed by atoms with Crippen LogP contribution < -0.4 is 0 Å². The molecular formula is C16H22. The molecule has 1 aliphatic rings. The van der Waals surface area contributed by atoms with Crippen LogP contribution in [0.4, 0.5) is 0 Å². The van der Waals surface area contributed by atoms with Gasteiger partial charge in [-0.05, 0) is 56.9 Å². The van der Waals surface area contributed by atoms with E-state index in [4.69, 9.17) is 0 Å². The third-order valence-electron chi connectivity index (χ3n) is 3.97. The average molecular weight is 214 g/mol. The summed E-state index contributed by atoms with van der Waals surface area (Å²) >= 11 is 0. The number of allylic oxidation sites excluding steroid dienone is 1. The monoisotopic (exact) mass is 214 g/mol. The van der Waals surface area contributed by atoms with Crippen LogP contribution in [0.15, 0.2) is 36.4 Å². The number of hydrogen-bond acceptors (Lipinski definition) is 0. The van der Waals surface area contributed by atoms with E-state index in [0.29, 0.717) is 0 Å². The first-order valence-electron chi connectivity index (χ1n) is 6.39. The standard InChI is InChI=1S/C16H22/c1-12(2)14-8-10-16(11-9-14)15-6-4-13(3)5-7-15/h4-7,14,16H,1,8-11H2,2-3H3. The summed E-state index contributed by atoms with van der Waals surface area (Å²) in [4.78, 5) is 0. The van der Waals surface area contributed by atoms with Crippen LogP contribution in [0.1, 0.15) is 49.7 Å². The van der Waals surface area contributed by atoms with Gasteiger partial charge in [-0.2, -0.15) is 0 Å². The minimum absolute atomic E-state index is 0.779. The van der Waals surface area contributed by atoms with Crippen LogP contribution in [-0.4, -0.2) is 0 Å². The van der Waals surface area contributed by atoms with Crippen LogP contribution in [0.25, 0.3) is 0 Å². The predicted octanol–water partition coefficient (Wildman–Crippen LogP) is 4.84. The Morgan fingerprint density at radius 3 is 2.12 bits per heavy atom. The van der Waals surface area contributed by atoms with Crippen LogP contribution >= 0.6 is 0 Å². The van der Waals surface area contributed by atoms with Gasteiger partial charge in [-0.25, -0.2) is 0 Å². The van der Waals surface area contributed by atoms with Gasteiger partial charge in [-0.1, -0.05) is 42.0 Å². The number of hydrogen-bond donors (Lipinski definition) is 0. The van der Waals surface area contributed by atoms with Crippen molar-refractivity contribution in [3.63, 3.8) is 0 Å². The molecule has 0 radical (unpaired) electrons. The highest BCUT2D eigenvalue weighted by molar-refractivity contribution is 5.25. The highest BCUT2D eigenvalue weighted by atomic mass is 14.3. The zero-order chi connectivity index (χ0) is 11.5. The largest absolute Gasteiger partial charge is 0.0999 e. The molecule has 0 saturated heterocycles. The summed E-state index contributed by atoms with van der Waals surface area (Å²) < 4.78 is 0. The van der Waals surface area contributed by atoms with Gasteiger partial charge in [0.1, 0.15) is 0 Å². The second-order valence-corrected chi connectivity index (χ2v) is 5.31. The van der Waals surface area contributed by atoms with E-state index in [1.165, 1.54) is 42.4 Å². The van der Waals surface area contributed by atoms with Gasteiger partial charge < -0.3 is 0 Å². The lowest BCUT2D eigenvalue weighted by molar-refractivity contribution is 0.363. The lowest BCUT2D eigenvalue weighted by Crippen LogP contribution is -2.13. The van der Waals surface area contributed by atoms with Crippen LogP contribution in [0, 0.1) is 12.8 Å². The Morgan fingerprint density at radius 1 is 1.06 bits per heavy atom. The van der Waals surface area contributed by atoms with Crippen molar-refractivity contribution < 1.29 is 0 Å². The van der Waals surface area contributed by atoms with Crippen molar-refractivity contribution in [3.8, 4) is 0 Å². The molecule has 0 aliphatic heterocycles. The molecule has 0 aromatic heterocycles. The van der Waals surface area contributed by atoms with E-state index in [2.05, 4.69) is 44.7 Å². The van der Waals surface area contributed by atoms with E-state index in [-0.39, 0.29) is 0 Å². The zero-order valence-electron chi connectivity index (χ0n) is 10.5. The second kappa shape index (κ2) is 4.86. The first kappa shape index (κ1) is 11.4. The van der Waals surface area contributed by atoms with Gasteiger partial charge in [-0.3, -0.25) is 0 Å². The summed E-state index contributed by atoms with van der Waals surface area (Å²) in [6.07, 6.45) is 5.32. The van der Waals surface area contributed by atoms with Crippen molar-refractivity contribution in [2.45, 2.75) is 45.4 Å². The van der Waals surface area contributed by atoms with E-state index in [0.717, 1.165) is 11.8 Å². The van der Waals surface area contributed by atoms with Crippen molar-refractivity contribution >= 4 is 0 Å². The summed E-state index contributed by atoms with van der Waals surface area (Å²) in [5, 5.41) is 0. The molecule has 2 rings (SSSR count). The van der Waals surface area contributed by atoms with Crippen LogP contribution in [0.5, 0.6) is 0 Å². The maximum absolute atomic E-state index is 4.09. The van der Waals surface area contributed by atoms with Crippen molar-refractivity contribution in [3.05, 3.63) is 47.5 Å². The first-order valence-corrected chi connectivity index (χ1v) is 6.39. The van der Waals surface area contributed by atoms with E-state index in [1.54, 1.807) is 0 Å². The molecule has 1 aromatic carbocycles. The summed E-state index contributed by atoms with van der Waals surface area (Å²) in [6, 6.07) is 9.09. The smallest absolute Gasteiger partial charge is 0.0162 e. The van der Waals surface area contributed by atoms with Gasteiger partial charge in [0, 0.05) is 0 Å². The average Bonchev–Trinajstić information content (AvgIpc) is 2.30. The number of rotatable bonds is 2. The summed E-state index contributed by atoms with van der Waals surface area (Å²) in [5.74, 6) is 1.57. The van der Waals surface area contributed by atoms with Gasteiger partial charge in [0.2, 0.25) is 0 Å². The Balaban J connectivity index is 1.99. The molecule has 0 heterocycles. The number of aryl methyl sites for hydroxylation is 1. The van der Waals surface area contributed by atoms with E-state index in [1.807, 2.05) is 0 Å². The molecule has 1 saturated carbocycles. The Hall–Kier alpha value is -1.04. The van der Waals surface area contributed by atoms with Gasteiger partial charge in [0.15, 0.2) is 0 Å². The van der Waals surface area contributed by atoms with Crippen molar-refractivity contribution in [2.75, 3.05) is 0 Å². The molecule has 1 aliphatic carbocycles. The minimum atomic E-state index is 0.779. The topological polar surface area (TPSA) is 0 Å². The summed E-state index contributed by atoms with van der Waals surface area (Å²) in [7, 11) is 0. The fourth-order valence-electron chi connectivity index (χ4n) is 2.76. The third kappa shape index (κ3) is 2.55. The lowest BCUT2D eigenvalue weighted by Gasteiger charge is -2.29. The maximum Gasteiger partial charge on any atom is -0.0162 e. The highest BCUT2D eigenvalue weighted by Gasteiger charge is 2.22. The Bertz CT molecular complexity index is 350. The SMILES string of the molecule is C=C(C)C1CCC(c2ccc(C)cc2)CC1. The van der Waals surface area contributed by atoms with Crippen molar-refractivity contribution in [2.24, 2.45) is 5.92 Å². The third-order valence-corrected chi connectivity index (χ3v) is 3.97. The molecule has 1 aromatic rings. The van der Waals surface area contributed by atoms with E-state index in [9.17, 15) is 0 Å². The van der Waals surface area contributed by atoms with Gasteiger partial charge in [0.05, 0.1) is 0 Å². The molecule has 16 heavy (non-hydrogen) atoms. The molecule has 0 atom stereocenters. The quantitative estimate of drug-likeness (QED) is 0.618. The molecule has 0 amide bonds. The molecule has 1 fully saturated rings. The second-order valence-electron chi connectivity index (χ2n) is 5.31. The Morgan fingerprint density at radius 2 is 1.62 bits per heavy atom. The van der Waals surface area contributed by atoms with E-state index >= 15 is 0 Å². The van der Waals surface area contributed by atoms with Crippen LogP contribution in [-0.2, 0) is 0 Å². The van der Waals surface area contributed by atoms with Crippen molar-refractivity contribution in [1.82, 2.24) is 0 Å². The fourth-order valence-corrected chi connectivity index (χ4v) is 2.76.